The average Bonchev–Trinajstić information content (AvgIpc) is 2.13. The molecule has 1 rings (SSSR count). The van der Waals surface area contributed by atoms with Crippen LogP contribution in [0.15, 0.2) is 0 Å². The van der Waals surface area contributed by atoms with Gasteiger partial charge in [0.15, 0.2) is 0 Å². The molecule has 9 heavy (non-hydrogen) atoms. The molecular weight excluding hydrogens is 124 g/mol. The maximum absolute atomic E-state index is 12.0. The van der Waals surface area contributed by atoms with Crippen LogP contribution in [0.25, 0.3) is 0 Å². The van der Waals surface area contributed by atoms with Gasteiger partial charge >= 0.3 is 0 Å². The van der Waals surface area contributed by atoms with Gasteiger partial charge in [-0.2, -0.15) is 0 Å². The molecule has 1 aliphatic rings. The van der Waals surface area contributed by atoms with E-state index in [1.54, 1.807) is 0 Å². The van der Waals surface area contributed by atoms with Gasteiger partial charge in [0.2, 0.25) is 6.43 Å². The minimum Gasteiger partial charge on any atom is -0.314 e. The van der Waals surface area contributed by atoms with Crippen LogP contribution in [0.3, 0.4) is 0 Å². The van der Waals surface area contributed by atoms with Crippen molar-refractivity contribution in [3.05, 3.63) is 0 Å². The first kappa shape index (κ1) is 6.93. The SMILES string of the molecule is CC1NCCC1C(F)F. The molecule has 1 heterocycles. The molecule has 1 N–H and O–H groups in total. The molecule has 0 aromatic heterocycles. The smallest absolute Gasteiger partial charge is 0.242 e. The molecule has 1 aliphatic heterocycles. The fourth-order valence-corrected chi connectivity index (χ4v) is 1.22. The third-order valence-electron chi connectivity index (χ3n) is 1.91. The molecule has 0 saturated carbocycles. The molecule has 2 atom stereocenters. The second-order valence-electron chi connectivity index (χ2n) is 2.53. The van der Waals surface area contributed by atoms with E-state index in [1.165, 1.54) is 0 Å². The summed E-state index contributed by atoms with van der Waals surface area (Å²) in [6.07, 6.45) is -1.52. The number of hydrogen-bond donors (Lipinski definition) is 1. The molecule has 3 heteroatoms. The second kappa shape index (κ2) is 2.60. The highest BCUT2D eigenvalue weighted by atomic mass is 19.3. The summed E-state index contributed by atoms with van der Waals surface area (Å²) >= 11 is 0. The van der Waals surface area contributed by atoms with Gasteiger partial charge in [0.25, 0.3) is 0 Å². The molecule has 1 fully saturated rings. The van der Waals surface area contributed by atoms with Gasteiger partial charge in [-0.1, -0.05) is 0 Å². The van der Waals surface area contributed by atoms with Gasteiger partial charge in [-0.15, -0.1) is 0 Å². The summed E-state index contributed by atoms with van der Waals surface area (Å²) in [4.78, 5) is 0. The Labute approximate surface area is 53.4 Å². The lowest BCUT2D eigenvalue weighted by molar-refractivity contribution is 0.0733. The Morgan fingerprint density at radius 1 is 1.56 bits per heavy atom. The van der Waals surface area contributed by atoms with E-state index < -0.39 is 12.3 Å². The van der Waals surface area contributed by atoms with Crippen LogP contribution in [-0.2, 0) is 0 Å². The Morgan fingerprint density at radius 2 is 2.22 bits per heavy atom. The summed E-state index contributed by atoms with van der Waals surface area (Å²) in [7, 11) is 0. The highest BCUT2D eigenvalue weighted by molar-refractivity contribution is 4.81. The molecule has 0 amide bonds. The van der Waals surface area contributed by atoms with E-state index in [1.807, 2.05) is 6.92 Å². The molecule has 0 spiro atoms. The Bertz CT molecular complexity index is 95.1. The number of rotatable bonds is 1. The lowest BCUT2D eigenvalue weighted by Gasteiger charge is -2.12. The summed E-state index contributed by atoms with van der Waals surface area (Å²) in [5.41, 5.74) is 0. The standard InChI is InChI=1S/C6H11F2N/c1-4-5(6(7)8)2-3-9-4/h4-6,9H,2-3H2,1H3. The second-order valence-corrected chi connectivity index (χ2v) is 2.53. The van der Waals surface area contributed by atoms with Crippen molar-refractivity contribution in [3.63, 3.8) is 0 Å². The highest BCUT2D eigenvalue weighted by Crippen LogP contribution is 2.21. The number of nitrogens with one attached hydrogen (secondary N) is 1. The van der Waals surface area contributed by atoms with Crippen LogP contribution in [0.4, 0.5) is 8.78 Å². The minimum absolute atomic E-state index is 0.00463. The van der Waals surface area contributed by atoms with Crippen LogP contribution in [0, 0.1) is 5.92 Å². The van der Waals surface area contributed by atoms with Crippen molar-refractivity contribution in [2.45, 2.75) is 25.8 Å². The third kappa shape index (κ3) is 1.39. The molecule has 1 nitrogen and oxygen atoms in total. The Morgan fingerprint density at radius 3 is 2.44 bits per heavy atom. The first-order chi connectivity index (χ1) is 4.22. The third-order valence-corrected chi connectivity index (χ3v) is 1.91. The van der Waals surface area contributed by atoms with Crippen molar-refractivity contribution in [3.8, 4) is 0 Å². The fraction of sp³-hybridized carbons (Fsp3) is 1.00. The van der Waals surface area contributed by atoms with E-state index in [9.17, 15) is 8.78 Å². The van der Waals surface area contributed by atoms with Crippen LogP contribution in [-0.4, -0.2) is 19.0 Å². The summed E-state index contributed by atoms with van der Waals surface area (Å²) in [6.45, 7) is 2.56. The molecule has 0 radical (unpaired) electrons. The van der Waals surface area contributed by atoms with Crippen molar-refractivity contribution in [2.75, 3.05) is 6.54 Å². The molecule has 2 unspecified atom stereocenters. The first-order valence-corrected chi connectivity index (χ1v) is 3.23. The maximum atomic E-state index is 12.0. The zero-order valence-corrected chi connectivity index (χ0v) is 5.40. The van der Waals surface area contributed by atoms with E-state index in [2.05, 4.69) is 5.32 Å². The molecule has 0 aromatic rings. The first-order valence-electron chi connectivity index (χ1n) is 3.23. The summed E-state index contributed by atoms with van der Waals surface area (Å²) in [5.74, 6) is -0.412. The lowest BCUT2D eigenvalue weighted by atomic mass is 10.0. The van der Waals surface area contributed by atoms with Gasteiger partial charge in [-0.05, 0) is 19.9 Å². The van der Waals surface area contributed by atoms with Gasteiger partial charge in [-0.3, -0.25) is 0 Å². The maximum Gasteiger partial charge on any atom is 0.242 e. The number of alkyl halides is 2. The molecule has 0 aromatic carbocycles. The van der Waals surface area contributed by atoms with Gasteiger partial charge in [0.1, 0.15) is 0 Å². The minimum atomic E-state index is -2.14. The predicted octanol–water partition coefficient (Wildman–Crippen LogP) is 1.25. The topological polar surface area (TPSA) is 12.0 Å². The van der Waals surface area contributed by atoms with Crippen molar-refractivity contribution in [1.82, 2.24) is 5.32 Å². The van der Waals surface area contributed by atoms with Crippen LogP contribution < -0.4 is 5.32 Å². The number of halogens is 2. The lowest BCUT2D eigenvalue weighted by Crippen LogP contribution is -2.26. The summed E-state index contributed by atoms with van der Waals surface area (Å²) < 4.78 is 23.9. The van der Waals surface area contributed by atoms with E-state index in [-0.39, 0.29) is 6.04 Å². The molecular formula is C6H11F2N. The Hall–Kier alpha value is -0.180. The monoisotopic (exact) mass is 135 g/mol. The van der Waals surface area contributed by atoms with Crippen LogP contribution in [0.5, 0.6) is 0 Å². The van der Waals surface area contributed by atoms with Crippen molar-refractivity contribution < 1.29 is 8.78 Å². The van der Waals surface area contributed by atoms with Gasteiger partial charge in [0, 0.05) is 12.0 Å². The molecule has 0 aliphatic carbocycles. The normalized spacial score (nSPS) is 36.0. The van der Waals surface area contributed by atoms with Crippen LogP contribution >= 0.6 is 0 Å². The Kier molecular flexibility index (Phi) is 2.01. The quantitative estimate of drug-likeness (QED) is 0.570. The van der Waals surface area contributed by atoms with E-state index in [4.69, 9.17) is 0 Å². The Balaban J connectivity index is 2.40. The van der Waals surface area contributed by atoms with E-state index >= 15 is 0 Å². The van der Waals surface area contributed by atoms with Crippen LogP contribution in [0.1, 0.15) is 13.3 Å². The fourth-order valence-electron chi connectivity index (χ4n) is 1.22. The van der Waals surface area contributed by atoms with Crippen molar-refractivity contribution in [2.24, 2.45) is 5.92 Å². The molecule has 54 valence electrons. The summed E-state index contributed by atoms with van der Waals surface area (Å²) in [5, 5.41) is 2.97. The zero-order chi connectivity index (χ0) is 6.85. The van der Waals surface area contributed by atoms with E-state index in [0.717, 1.165) is 6.54 Å². The predicted molar refractivity (Wildman–Crippen MR) is 31.6 cm³/mol. The largest absolute Gasteiger partial charge is 0.314 e. The number of hydrogen-bond acceptors (Lipinski definition) is 1. The van der Waals surface area contributed by atoms with Crippen LogP contribution in [0.2, 0.25) is 0 Å². The molecule has 1 saturated heterocycles. The molecule has 0 bridgehead atoms. The average molecular weight is 135 g/mol. The van der Waals surface area contributed by atoms with Gasteiger partial charge in [-0.25, -0.2) is 8.78 Å². The zero-order valence-electron chi connectivity index (χ0n) is 5.40. The van der Waals surface area contributed by atoms with Gasteiger partial charge < -0.3 is 5.32 Å². The van der Waals surface area contributed by atoms with E-state index in [0.29, 0.717) is 6.42 Å². The highest BCUT2D eigenvalue weighted by Gasteiger charge is 2.30. The summed E-state index contributed by atoms with van der Waals surface area (Å²) in [6, 6.07) is 0.00463. The van der Waals surface area contributed by atoms with Crippen molar-refractivity contribution in [1.29, 1.82) is 0 Å². The van der Waals surface area contributed by atoms with Gasteiger partial charge in [0.05, 0.1) is 0 Å². The van der Waals surface area contributed by atoms with Crippen molar-refractivity contribution >= 4 is 0 Å².